The first-order valence-corrected chi connectivity index (χ1v) is 6.54. The Kier molecular flexibility index (Phi) is 3.09. The SMILES string of the molecule is CCNC(C)(C)CNCC1(C2CC2)CC1. The van der Waals surface area contributed by atoms with Gasteiger partial charge in [0.2, 0.25) is 0 Å². The van der Waals surface area contributed by atoms with Crippen LogP contribution in [0.1, 0.15) is 46.5 Å². The van der Waals surface area contributed by atoms with E-state index < -0.39 is 0 Å². The summed E-state index contributed by atoms with van der Waals surface area (Å²) in [4.78, 5) is 0. The fourth-order valence-electron chi connectivity index (χ4n) is 2.75. The van der Waals surface area contributed by atoms with Crippen molar-refractivity contribution in [3.8, 4) is 0 Å². The first-order chi connectivity index (χ1) is 7.08. The van der Waals surface area contributed by atoms with Gasteiger partial charge in [-0.15, -0.1) is 0 Å². The molecular formula is C13H26N2. The highest BCUT2D eigenvalue weighted by Crippen LogP contribution is 2.60. The monoisotopic (exact) mass is 210 g/mol. The summed E-state index contributed by atoms with van der Waals surface area (Å²) in [6, 6.07) is 0. The molecule has 0 atom stereocenters. The van der Waals surface area contributed by atoms with Gasteiger partial charge in [0.05, 0.1) is 0 Å². The highest BCUT2D eigenvalue weighted by atomic mass is 15.0. The zero-order valence-electron chi connectivity index (χ0n) is 10.5. The summed E-state index contributed by atoms with van der Waals surface area (Å²) in [5.74, 6) is 1.08. The summed E-state index contributed by atoms with van der Waals surface area (Å²) in [6.45, 7) is 10.1. The molecule has 0 saturated heterocycles. The average Bonchev–Trinajstić information content (AvgIpc) is 2.99. The molecule has 0 spiro atoms. The molecule has 2 heteroatoms. The Morgan fingerprint density at radius 3 is 2.40 bits per heavy atom. The van der Waals surface area contributed by atoms with Gasteiger partial charge in [-0.3, -0.25) is 0 Å². The van der Waals surface area contributed by atoms with Gasteiger partial charge in [0.1, 0.15) is 0 Å². The second-order valence-corrected chi connectivity index (χ2v) is 6.15. The summed E-state index contributed by atoms with van der Waals surface area (Å²) >= 11 is 0. The minimum absolute atomic E-state index is 0.244. The molecule has 2 fully saturated rings. The highest BCUT2D eigenvalue weighted by molar-refractivity contribution is 5.05. The molecule has 0 radical (unpaired) electrons. The van der Waals surface area contributed by atoms with Crippen molar-refractivity contribution >= 4 is 0 Å². The second-order valence-electron chi connectivity index (χ2n) is 6.15. The number of rotatable bonds is 7. The third kappa shape index (κ3) is 2.94. The van der Waals surface area contributed by atoms with E-state index in [4.69, 9.17) is 0 Å². The zero-order chi connectivity index (χ0) is 10.9. The second kappa shape index (κ2) is 4.06. The van der Waals surface area contributed by atoms with Crippen molar-refractivity contribution in [3.05, 3.63) is 0 Å². The van der Waals surface area contributed by atoms with Crippen molar-refractivity contribution in [3.63, 3.8) is 0 Å². The molecule has 2 aliphatic carbocycles. The van der Waals surface area contributed by atoms with E-state index in [0.29, 0.717) is 0 Å². The molecule has 2 aliphatic rings. The normalized spacial score (nSPS) is 24.2. The topological polar surface area (TPSA) is 24.1 Å². The lowest BCUT2D eigenvalue weighted by atomic mass is 9.99. The van der Waals surface area contributed by atoms with E-state index in [2.05, 4.69) is 31.4 Å². The molecule has 0 aromatic heterocycles. The van der Waals surface area contributed by atoms with Gasteiger partial charge in [-0.25, -0.2) is 0 Å². The van der Waals surface area contributed by atoms with Crippen molar-refractivity contribution < 1.29 is 0 Å². The highest BCUT2D eigenvalue weighted by Gasteiger charge is 2.53. The molecule has 0 aromatic rings. The molecule has 0 heterocycles. The summed E-state index contributed by atoms with van der Waals surface area (Å²) in [5, 5.41) is 7.18. The first-order valence-electron chi connectivity index (χ1n) is 6.54. The average molecular weight is 210 g/mol. The zero-order valence-corrected chi connectivity index (χ0v) is 10.5. The smallest absolute Gasteiger partial charge is 0.0249 e. The third-order valence-corrected chi connectivity index (χ3v) is 4.03. The van der Waals surface area contributed by atoms with Gasteiger partial charge in [-0.1, -0.05) is 6.92 Å². The maximum absolute atomic E-state index is 3.67. The van der Waals surface area contributed by atoms with Crippen molar-refractivity contribution in [1.29, 1.82) is 0 Å². The molecule has 0 unspecified atom stereocenters. The lowest BCUT2D eigenvalue weighted by Gasteiger charge is -2.27. The minimum atomic E-state index is 0.244. The Bertz CT molecular complexity index is 215. The summed E-state index contributed by atoms with van der Waals surface area (Å²) in [5.41, 5.74) is 0.983. The fourth-order valence-corrected chi connectivity index (χ4v) is 2.75. The third-order valence-electron chi connectivity index (χ3n) is 4.03. The minimum Gasteiger partial charge on any atom is -0.314 e. The van der Waals surface area contributed by atoms with Crippen molar-refractivity contribution in [1.82, 2.24) is 10.6 Å². The lowest BCUT2D eigenvalue weighted by Crippen LogP contribution is -2.48. The van der Waals surface area contributed by atoms with E-state index in [-0.39, 0.29) is 5.54 Å². The molecule has 2 N–H and O–H groups in total. The number of hydrogen-bond acceptors (Lipinski definition) is 2. The Morgan fingerprint density at radius 2 is 1.93 bits per heavy atom. The Hall–Kier alpha value is -0.0800. The molecule has 2 saturated carbocycles. The molecule has 2 rings (SSSR count). The van der Waals surface area contributed by atoms with Gasteiger partial charge in [-0.2, -0.15) is 0 Å². The van der Waals surface area contributed by atoms with Crippen molar-refractivity contribution in [2.45, 2.75) is 52.0 Å². The molecule has 88 valence electrons. The van der Waals surface area contributed by atoms with Crippen LogP contribution in [0.5, 0.6) is 0 Å². The molecule has 0 aliphatic heterocycles. The fraction of sp³-hybridized carbons (Fsp3) is 1.00. The van der Waals surface area contributed by atoms with Crippen LogP contribution >= 0.6 is 0 Å². The Balaban J connectivity index is 1.66. The van der Waals surface area contributed by atoms with Crippen LogP contribution in [0.2, 0.25) is 0 Å². The predicted octanol–water partition coefficient (Wildman–Crippen LogP) is 2.15. The van der Waals surface area contributed by atoms with Crippen LogP contribution in [-0.4, -0.2) is 25.2 Å². The number of nitrogens with one attached hydrogen (secondary N) is 2. The van der Waals surface area contributed by atoms with Gasteiger partial charge in [0.15, 0.2) is 0 Å². The van der Waals surface area contributed by atoms with Gasteiger partial charge in [0, 0.05) is 18.6 Å². The van der Waals surface area contributed by atoms with E-state index in [1.165, 1.54) is 32.2 Å². The number of likely N-dealkylation sites (N-methyl/N-ethyl adjacent to an activating group) is 1. The Labute approximate surface area is 94.2 Å². The maximum atomic E-state index is 3.67. The van der Waals surface area contributed by atoms with Crippen LogP contribution in [-0.2, 0) is 0 Å². The largest absolute Gasteiger partial charge is 0.314 e. The maximum Gasteiger partial charge on any atom is 0.0249 e. The van der Waals surface area contributed by atoms with Gasteiger partial charge in [0.25, 0.3) is 0 Å². The molecule has 0 amide bonds. The van der Waals surface area contributed by atoms with Crippen LogP contribution in [0.3, 0.4) is 0 Å². The predicted molar refractivity (Wildman–Crippen MR) is 65.0 cm³/mol. The van der Waals surface area contributed by atoms with Gasteiger partial charge >= 0.3 is 0 Å². The van der Waals surface area contributed by atoms with Crippen LogP contribution in [0.25, 0.3) is 0 Å². The van der Waals surface area contributed by atoms with Gasteiger partial charge < -0.3 is 10.6 Å². The van der Waals surface area contributed by atoms with Crippen molar-refractivity contribution in [2.75, 3.05) is 19.6 Å². The van der Waals surface area contributed by atoms with Crippen LogP contribution in [0.15, 0.2) is 0 Å². The summed E-state index contributed by atoms with van der Waals surface area (Å²) in [6.07, 6.45) is 5.95. The Morgan fingerprint density at radius 1 is 1.27 bits per heavy atom. The first kappa shape index (κ1) is 11.4. The quantitative estimate of drug-likeness (QED) is 0.673. The molecule has 2 nitrogen and oxygen atoms in total. The molecule has 0 aromatic carbocycles. The van der Waals surface area contributed by atoms with Gasteiger partial charge in [-0.05, 0) is 57.4 Å². The van der Waals surface area contributed by atoms with E-state index in [1.807, 2.05) is 0 Å². The lowest BCUT2D eigenvalue weighted by molar-refractivity contribution is 0.335. The van der Waals surface area contributed by atoms with Crippen LogP contribution < -0.4 is 10.6 Å². The van der Waals surface area contributed by atoms with Crippen LogP contribution in [0.4, 0.5) is 0 Å². The van der Waals surface area contributed by atoms with E-state index in [0.717, 1.165) is 24.4 Å². The molecule has 15 heavy (non-hydrogen) atoms. The summed E-state index contributed by atoms with van der Waals surface area (Å²) in [7, 11) is 0. The van der Waals surface area contributed by atoms with Crippen LogP contribution in [0, 0.1) is 11.3 Å². The molecule has 0 bridgehead atoms. The summed E-state index contributed by atoms with van der Waals surface area (Å²) < 4.78 is 0. The molecular weight excluding hydrogens is 184 g/mol. The van der Waals surface area contributed by atoms with E-state index >= 15 is 0 Å². The van der Waals surface area contributed by atoms with E-state index in [9.17, 15) is 0 Å². The van der Waals surface area contributed by atoms with E-state index in [1.54, 1.807) is 0 Å². The van der Waals surface area contributed by atoms with Crippen molar-refractivity contribution in [2.24, 2.45) is 11.3 Å². The standard InChI is InChI=1S/C13H26N2/c1-4-15-12(2,3)9-14-10-13(7-8-13)11-5-6-11/h11,14-15H,4-10H2,1-3H3. The number of hydrogen-bond donors (Lipinski definition) is 2.